The molecule has 5 rings (SSSR count). The van der Waals surface area contributed by atoms with Crippen molar-refractivity contribution in [2.24, 2.45) is 0 Å². The number of hydrogen-bond acceptors (Lipinski definition) is 5. The molecule has 30 heavy (non-hydrogen) atoms. The van der Waals surface area contributed by atoms with E-state index in [2.05, 4.69) is 9.97 Å². The fourth-order valence-electron chi connectivity index (χ4n) is 4.86. The van der Waals surface area contributed by atoms with Crippen molar-refractivity contribution in [3.63, 3.8) is 0 Å². The van der Waals surface area contributed by atoms with Crippen molar-refractivity contribution in [2.45, 2.75) is 63.4 Å². The van der Waals surface area contributed by atoms with Crippen molar-refractivity contribution in [1.82, 2.24) is 14.5 Å². The summed E-state index contributed by atoms with van der Waals surface area (Å²) in [7, 11) is 0. The highest BCUT2D eigenvalue weighted by atomic mass is 35.5. The molecule has 3 aromatic rings. The number of ether oxygens (including phenoxy) is 1. The van der Waals surface area contributed by atoms with E-state index in [-0.39, 0.29) is 5.82 Å². The first-order valence-electron chi connectivity index (χ1n) is 10.3. The van der Waals surface area contributed by atoms with Crippen LogP contribution in [0.25, 0.3) is 11.0 Å². The summed E-state index contributed by atoms with van der Waals surface area (Å²) in [6, 6.07) is 2.60. The van der Waals surface area contributed by atoms with E-state index in [4.69, 9.17) is 16.3 Å². The fourth-order valence-corrected chi connectivity index (χ4v) is 5.19. The molecule has 2 N–H and O–H groups in total. The molecular formula is C22H23ClFN3O3. The van der Waals surface area contributed by atoms with Gasteiger partial charge in [0.2, 0.25) is 0 Å². The van der Waals surface area contributed by atoms with Crippen LogP contribution >= 0.6 is 11.6 Å². The van der Waals surface area contributed by atoms with Gasteiger partial charge in [-0.1, -0.05) is 11.6 Å². The number of aliphatic hydroxyl groups excluding tert-OH is 2. The summed E-state index contributed by atoms with van der Waals surface area (Å²) < 4.78 is 22.1. The maximum Gasteiger partial charge on any atom is 0.145 e. The number of aryl methyl sites for hydroxylation is 1. The summed E-state index contributed by atoms with van der Waals surface area (Å²) in [5.41, 5.74) is 2.95. The Morgan fingerprint density at radius 3 is 2.70 bits per heavy atom. The molecule has 4 atom stereocenters. The van der Waals surface area contributed by atoms with Gasteiger partial charge in [-0.2, -0.15) is 0 Å². The van der Waals surface area contributed by atoms with Crippen molar-refractivity contribution in [3.8, 4) is 5.75 Å². The summed E-state index contributed by atoms with van der Waals surface area (Å²) in [6.07, 6.45) is 4.19. The van der Waals surface area contributed by atoms with Gasteiger partial charge in [0, 0.05) is 18.2 Å². The van der Waals surface area contributed by atoms with Crippen LogP contribution in [0.3, 0.4) is 0 Å². The third kappa shape index (κ3) is 3.07. The third-order valence-corrected chi connectivity index (χ3v) is 6.71. The highest BCUT2D eigenvalue weighted by molar-refractivity contribution is 6.35. The average Bonchev–Trinajstić information content (AvgIpc) is 3.22. The lowest BCUT2D eigenvalue weighted by atomic mass is 9.90. The molecule has 0 radical (unpaired) electrons. The van der Waals surface area contributed by atoms with E-state index in [9.17, 15) is 14.6 Å². The molecule has 2 aliphatic rings. The van der Waals surface area contributed by atoms with E-state index in [0.717, 1.165) is 35.9 Å². The second-order valence-corrected chi connectivity index (χ2v) is 8.60. The molecule has 0 bridgehead atoms. The quantitative estimate of drug-likeness (QED) is 0.663. The van der Waals surface area contributed by atoms with Crippen molar-refractivity contribution in [1.29, 1.82) is 0 Å². The minimum atomic E-state index is -1.08. The lowest BCUT2D eigenvalue weighted by molar-refractivity contribution is -0.0166. The minimum absolute atomic E-state index is 0.203. The molecule has 8 heteroatoms. The monoisotopic (exact) mass is 431 g/mol. The normalized spacial score (nSPS) is 26.2. The van der Waals surface area contributed by atoms with Crippen LogP contribution in [0.1, 0.15) is 42.1 Å². The Labute approximate surface area is 178 Å². The minimum Gasteiger partial charge on any atom is -0.487 e. The van der Waals surface area contributed by atoms with E-state index in [0.29, 0.717) is 34.8 Å². The van der Waals surface area contributed by atoms with Crippen molar-refractivity contribution < 1.29 is 19.3 Å². The van der Waals surface area contributed by atoms with Crippen LogP contribution in [0.15, 0.2) is 24.7 Å². The molecule has 0 amide bonds. The third-order valence-electron chi connectivity index (χ3n) is 6.42. The van der Waals surface area contributed by atoms with Crippen LogP contribution in [0.4, 0.5) is 4.39 Å². The lowest BCUT2D eigenvalue weighted by Gasteiger charge is -2.24. The number of aliphatic hydroxyl groups is 2. The molecule has 1 fully saturated rings. The Kier molecular flexibility index (Phi) is 4.92. The molecule has 2 unspecified atom stereocenters. The second kappa shape index (κ2) is 7.48. The van der Waals surface area contributed by atoms with Gasteiger partial charge in [-0.3, -0.25) is 0 Å². The van der Waals surface area contributed by atoms with E-state index in [1.807, 2.05) is 6.92 Å². The Balaban J connectivity index is 1.46. The molecule has 6 nitrogen and oxygen atoms in total. The maximum absolute atomic E-state index is 14.2. The first kappa shape index (κ1) is 19.7. The molecule has 1 saturated carbocycles. The molecule has 0 spiro atoms. The highest BCUT2D eigenvalue weighted by Gasteiger charge is 2.45. The van der Waals surface area contributed by atoms with Gasteiger partial charge < -0.3 is 19.5 Å². The van der Waals surface area contributed by atoms with Crippen molar-refractivity contribution >= 4 is 22.6 Å². The van der Waals surface area contributed by atoms with E-state index in [1.165, 1.54) is 12.4 Å². The smallest absolute Gasteiger partial charge is 0.145 e. The van der Waals surface area contributed by atoms with Gasteiger partial charge in [0.25, 0.3) is 0 Å². The first-order chi connectivity index (χ1) is 14.5. The zero-order chi connectivity index (χ0) is 21.0. The number of halogens is 2. The number of hydrogen-bond donors (Lipinski definition) is 2. The van der Waals surface area contributed by atoms with Crippen LogP contribution in [0.5, 0.6) is 5.75 Å². The maximum atomic E-state index is 14.2. The van der Waals surface area contributed by atoms with Gasteiger partial charge in [-0.15, -0.1) is 0 Å². The van der Waals surface area contributed by atoms with E-state index >= 15 is 0 Å². The van der Waals surface area contributed by atoms with Crippen LogP contribution < -0.4 is 4.74 Å². The first-order valence-corrected chi connectivity index (χ1v) is 10.6. The van der Waals surface area contributed by atoms with Crippen molar-refractivity contribution in [3.05, 3.63) is 52.3 Å². The fraction of sp³-hybridized carbons (Fsp3) is 0.455. The Morgan fingerprint density at radius 1 is 1.13 bits per heavy atom. The van der Waals surface area contributed by atoms with E-state index in [1.54, 1.807) is 16.8 Å². The van der Waals surface area contributed by atoms with Gasteiger partial charge >= 0.3 is 0 Å². The molecule has 0 aliphatic heterocycles. The average molecular weight is 432 g/mol. The molecule has 1 aromatic carbocycles. The van der Waals surface area contributed by atoms with Gasteiger partial charge in [-0.25, -0.2) is 14.4 Å². The van der Waals surface area contributed by atoms with Gasteiger partial charge in [0.05, 0.1) is 22.1 Å². The molecular weight excluding hydrogens is 409 g/mol. The summed E-state index contributed by atoms with van der Waals surface area (Å²) in [5, 5.41) is 22.7. The second-order valence-electron chi connectivity index (χ2n) is 8.19. The number of rotatable bonds is 3. The summed E-state index contributed by atoms with van der Waals surface area (Å²) in [6.45, 7) is 1.85. The molecule has 2 heterocycles. The standard InChI is InChI=1S/C22H23ClFN3O3/c1-11-19-14(23)9-27(22(19)26-10-25-11)16-8-18(21(29)20(16)28)30-17-7-6-15(24)12-4-2-3-5-13(12)17/h6-7,9-10,16,18,20-21,28-29H,2-5,8H2,1H3/t16?,18?,20-,21+/m0/s1. The highest BCUT2D eigenvalue weighted by Crippen LogP contribution is 2.40. The Morgan fingerprint density at radius 2 is 1.90 bits per heavy atom. The molecule has 2 aromatic heterocycles. The number of nitrogens with zero attached hydrogens (tertiary/aromatic N) is 3. The predicted octanol–water partition coefficient (Wildman–Crippen LogP) is 3.53. The molecule has 2 aliphatic carbocycles. The van der Waals surface area contributed by atoms with Crippen molar-refractivity contribution in [2.75, 3.05) is 0 Å². The zero-order valence-electron chi connectivity index (χ0n) is 16.6. The summed E-state index contributed by atoms with van der Waals surface area (Å²) in [5.74, 6) is 0.391. The van der Waals surface area contributed by atoms with E-state index < -0.39 is 24.4 Å². The number of benzene rings is 1. The van der Waals surface area contributed by atoms with Gasteiger partial charge in [-0.05, 0) is 50.3 Å². The largest absolute Gasteiger partial charge is 0.487 e. The number of aromatic nitrogens is 3. The van der Waals surface area contributed by atoms with Gasteiger partial charge in [0.1, 0.15) is 41.9 Å². The summed E-state index contributed by atoms with van der Waals surface area (Å²) >= 11 is 6.39. The predicted molar refractivity (Wildman–Crippen MR) is 110 cm³/mol. The summed E-state index contributed by atoms with van der Waals surface area (Å²) in [4.78, 5) is 8.52. The van der Waals surface area contributed by atoms with Crippen LogP contribution in [0.2, 0.25) is 5.02 Å². The van der Waals surface area contributed by atoms with Crippen LogP contribution in [-0.2, 0) is 12.8 Å². The van der Waals surface area contributed by atoms with Gasteiger partial charge in [0.15, 0.2) is 0 Å². The Hall–Kier alpha value is -2.22. The zero-order valence-corrected chi connectivity index (χ0v) is 17.3. The number of fused-ring (bicyclic) bond motifs is 2. The van der Waals surface area contributed by atoms with Crippen LogP contribution in [-0.4, -0.2) is 43.1 Å². The Bertz CT molecular complexity index is 1120. The molecule has 158 valence electrons. The van der Waals surface area contributed by atoms with Crippen LogP contribution in [0, 0.1) is 12.7 Å². The SMILES string of the molecule is Cc1ncnc2c1c(Cl)cn2C1CC(Oc2ccc(F)c3c2CCCC3)[C@@H](O)[C@H]1O. The molecule has 0 saturated heterocycles. The lowest BCUT2D eigenvalue weighted by Crippen LogP contribution is -2.34. The topological polar surface area (TPSA) is 80.4 Å².